The second-order valence-corrected chi connectivity index (χ2v) is 8.01. The van der Waals surface area contributed by atoms with Gasteiger partial charge in [-0.1, -0.05) is 26.0 Å². The van der Waals surface area contributed by atoms with Crippen LogP contribution in [0.5, 0.6) is 11.5 Å². The Labute approximate surface area is 181 Å². The largest absolute Gasteiger partial charge is 0.497 e. The second-order valence-electron chi connectivity index (χ2n) is 8.01. The number of carbonyl (C=O) groups is 1. The number of pyridine rings is 1. The Kier molecular flexibility index (Phi) is 6.56. The molecule has 0 aliphatic rings. The molecule has 0 saturated carbocycles. The smallest absolute Gasteiger partial charge is 0.337 e. The Balaban J connectivity index is 1.76. The average Bonchev–Trinajstić information content (AvgIpc) is 2.78. The fourth-order valence-corrected chi connectivity index (χ4v) is 3.32. The van der Waals surface area contributed by atoms with E-state index in [0.29, 0.717) is 29.2 Å². The number of nitriles is 1. The molecule has 0 radical (unpaired) electrons. The van der Waals surface area contributed by atoms with Crippen molar-refractivity contribution in [1.29, 1.82) is 5.26 Å². The molecule has 0 bridgehead atoms. The van der Waals surface area contributed by atoms with Gasteiger partial charge in [-0.2, -0.15) is 5.26 Å². The van der Waals surface area contributed by atoms with Gasteiger partial charge in [0.2, 0.25) is 0 Å². The number of rotatable bonds is 8. The molecule has 6 heteroatoms. The summed E-state index contributed by atoms with van der Waals surface area (Å²) in [6.07, 6.45) is 2.33. The molecule has 0 aliphatic carbocycles. The summed E-state index contributed by atoms with van der Waals surface area (Å²) in [7, 11) is 1.64. The number of hydrogen-bond acceptors (Lipinski definition) is 5. The minimum atomic E-state index is -1.07. The molecular weight excluding hydrogens is 392 g/mol. The molecule has 0 aliphatic heterocycles. The number of carboxylic acid groups (broad SMARTS) is 1. The first kappa shape index (κ1) is 21.8. The fourth-order valence-electron chi connectivity index (χ4n) is 3.32. The van der Waals surface area contributed by atoms with E-state index in [-0.39, 0.29) is 11.0 Å². The van der Waals surface area contributed by atoms with Gasteiger partial charge in [-0.05, 0) is 54.4 Å². The number of hydrogen-bond donors (Lipinski definition) is 1. The Morgan fingerprint density at radius 1 is 1.16 bits per heavy atom. The van der Waals surface area contributed by atoms with Crippen molar-refractivity contribution in [3.8, 4) is 28.8 Å². The van der Waals surface area contributed by atoms with Gasteiger partial charge in [-0.25, -0.2) is 4.79 Å². The molecule has 3 aromatic rings. The monoisotopic (exact) mass is 416 g/mol. The van der Waals surface area contributed by atoms with E-state index in [1.807, 2.05) is 24.3 Å². The molecule has 0 fully saturated rings. The lowest BCUT2D eigenvalue weighted by Crippen LogP contribution is -2.24. The lowest BCUT2D eigenvalue weighted by molar-refractivity contribution is 0.0697. The van der Waals surface area contributed by atoms with Crippen LogP contribution in [0.3, 0.4) is 0 Å². The van der Waals surface area contributed by atoms with Gasteiger partial charge in [-0.15, -0.1) is 0 Å². The molecule has 0 saturated heterocycles. The van der Waals surface area contributed by atoms with Crippen LogP contribution in [0.25, 0.3) is 11.3 Å². The normalized spacial score (nSPS) is 10.9. The van der Waals surface area contributed by atoms with Crippen LogP contribution in [-0.4, -0.2) is 29.8 Å². The van der Waals surface area contributed by atoms with Gasteiger partial charge in [0.05, 0.1) is 30.5 Å². The minimum Gasteiger partial charge on any atom is -0.497 e. The maximum Gasteiger partial charge on any atom is 0.337 e. The lowest BCUT2D eigenvalue weighted by atomic mass is 9.86. The van der Waals surface area contributed by atoms with Gasteiger partial charge < -0.3 is 14.6 Å². The molecule has 2 aromatic carbocycles. The maximum absolute atomic E-state index is 11.5. The summed E-state index contributed by atoms with van der Waals surface area (Å²) in [6.45, 7) is 4.62. The highest BCUT2D eigenvalue weighted by Gasteiger charge is 2.21. The minimum absolute atomic E-state index is 0.0840. The van der Waals surface area contributed by atoms with Crippen LogP contribution in [0.4, 0.5) is 0 Å². The van der Waals surface area contributed by atoms with Crippen LogP contribution in [-0.2, 0) is 6.42 Å². The molecule has 0 spiro atoms. The van der Waals surface area contributed by atoms with Crippen LogP contribution >= 0.6 is 0 Å². The van der Waals surface area contributed by atoms with Crippen molar-refractivity contribution in [2.75, 3.05) is 13.7 Å². The zero-order valence-electron chi connectivity index (χ0n) is 17.8. The Hall–Kier alpha value is -3.85. The van der Waals surface area contributed by atoms with Crippen molar-refractivity contribution in [3.63, 3.8) is 0 Å². The number of aromatic nitrogens is 1. The average molecular weight is 416 g/mol. The molecule has 158 valence electrons. The second kappa shape index (κ2) is 9.31. The molecular formula is C25H24N2O4. The Bertz CT molecular complexity index is 1120. The third-order valence-electron chi connectivity index (χ3n) is 4.87. The topological polar surface area (TPSA) is 92.4 Å². The molecule has 0 unspecified atom stereocenters. The van der Waals surface area contributed by atoms with E-state index in [9.17, 15) is 15.2 Å². The van der Waals surface area contributed by atoms with Crippen molar-refractivity contribution in [2.24, 2.45) is 5.41 Å². The summed E-state index contributed by atoms with van der Waals surface area (Å²) < 4.78 is 11.2. The predicted octanol–water partition coefficient (Wildman–Crippen LogP) is 4.97. The molecule has 1 heterocycles. The summed E-state index contributed by atoms with van der Waals surface area (Å²) in [5.74, 6) is 0.208. The molecule has 0 amide bonds. The van der Waals surface area contributed by atoms with E-state index in [4.69, 9.17) is 9.47 Å². The highest BCUT2D eigenvalue weighted by atomic mass is 16.5. The number of methoxy groups -OCH3 is 1. The van der Waals surface area contributed by atoms with E-state index < -0.39 is 5.97 Å². The summed E-state index contributed by atoms with van der Waals surface area (Å²) in [5.41, 5.74) is 2.29. The van der Waals surface area contributed by atoms with E-state index >= 15 is 0 Å². The summed E-state index contributed by atoms with van der Waals surface area (Å²) in [5, 5.41) is 19.0. The zero-order chi connectivity index (χ0) is 22.4. The highest BCUT2D eigenvalue weighted by molar-refractivity contribution is 5.94. The summed E-state index contributed by atoms with van der Waals surface area (Å²) >= 11 is 0. The van der Waals surface area contributed by atoms with Crippen molar-refractivity contribution >= 4 is 5.97 Å². The van der Waals surface area contributed by atoms with Gasteiger partial charge in [0.15, 0.2) is 0 Å². The molecule has 31 heavy (non-hydrogen) atoms. The predicted molar refractivity (Wildman–Crippen MR) is 117 cm³/mol. The van der Waals surface area contributed by atoms with Gasteiger partial charge >= 0.3 is 5.97 Å². The number of nitrogens with zero attached hydrogens (tertiary/aromatic N) is 2. The quantitative estimate of drug-likeness (QED) is 0.557. The lowest BCUT2D eigenvalue weighted by Gasteiger charge is -2.25. The Morgan fingerprint density at radius 2 is 1.90 bits per heavy atom. The molecule has 3 rings (SSSR count). The van der Waals surface area contributed by atoms with E-state index in [0.717, 1.165) is 12.2 Å². The SMILES string of the molecule is COc1ccc(CC(C)(C)COc2ccc(-c3ncccc3C(=O)O)cc2C#N)cc1. The van der Waals surface area contributed by atoms with E-state index in [1.165, 1.54) is 17.8 Å². The molecule has 1 aromatic heterocycles. The van der Waals surface area contributed by atoms with Crippen LogP contribution in [0.2, 0.25) is 0 Å². The number of ether oxygens (including phenoxy) is 2. The van der Waals surface area contributed by atoms with Gasteiger partial charge in [0, 0.05) is 17.2 Å². The van der Waals surface area contributed by atoms with E-state index in [1.54, 1.807) is 31.4 Å². The number of carboxylic acids is 1. The van der Waals surface area contributed by atoms with Gasteiger partial charge in [0.1, 0.15) is 17.6 Å². The first-order chi connectivity index (χ1) is 14.8. The van der Waals surface area contributed by atoms with Gasteiger partial charge in [0.25, 0.3) is 0 Å². The molecule has 6 nitrogen and oxygen atoms in total. The van der Waals surface area contributed by atoms with Crippen LogP contribution in [0.15, 0.2) is 60.8 Å². The van der Waals surface area contributed by atoms with Gasteiger partial charge in [-0.3, -0.25) is 4.98 Å². The van der Waals surface area contributed by atoms with Crippen molar-refractivity contribution in [1.82, 2.24) is 4.98 Å². The first-order valence-corrected chi connectivity index (χ1v) is 9.81. The number of aromatic carboxylic acids is 1. The summed E-state index contributed by atoms with van der Waals surface area (Å²) in [6, 6.07) is 18.2. The van der Waals surface area contributed by atoms with E-state index in [2.05, 4.69) is 24.9 Å². The van der Waals surface area contributed by atoms with Crippen LogP contribution in [0.1, 0.15) is 35.3 Å². The molecule has 1 N–H and O–H groups in total. The van der Waals surface area contributed by atoms with Crippen molar-refractivity contribution in [2.45, 2.75) is 20.3 Å². The van der Waals surface area contributed by atoms with Crippen LogP contribution in [0, 0.1) is 16.7 Å². The maximum atomic E-state index is 11.5. The zero-order valence-corrected chi connectivity index (χ0v) is 17.8. The molecule has 0 atom stereocenters. The summed E-state index contributed by atoms with van der Waals surface area (Å²) in [4.78, 5) is 15.7. The van der Waals surface area contributed by atoms with Crippen molar-refractivity contribution in [3.05, 3.63) is 77.5 Å². The van der Waals surface area contributed by atoms with Crippen LogP contribution < -0.4 is 9.47 Å². The van der Waals surface area contributed by atoms with Crippen molar-refractivity contribution < 1.29 is 19.4 Å². The highest BCUT2D eigenvalue weighted by Crippen LogP contribution is 2.30. The Morgan fingerprint density at radius 3 is 2.55 bits per heavy atom. The number of benzene rings is 2. The first-order valence-electron chi connectivity index (χ1n) is 9.81. The third-order valence-corrected chi connectivity index (χ3v) is 4.87. The third kappa shape index (κ3) is 5.40. The fraction of sp³-hybridized carbons (Fsp3) is 0.240. The standard InChI is InChI=1S/C25H24N2O4/c1-25(2,14-17-6-9-20(30-3)10-7-17)16-31-22-11-8-18(13-19(22)15-26)23-21(24(28)29)5-4-12-27-23/h4-13H,14,16H2,1-3H3,(H,28,29).